The third kappa shape index (κ3) is 4.74. The smallest absolute Gasteiger partial charge is 0.243 e. The summed E-state index contributed by atoms with van der Waals surface area (Å²) in [4.78, 5) is 17.0. The summed E-state index contributed by atoms with van der Waals surface area (Å²) in [5.41, 5.74) is 2.17. The Morgan fingerprint density at radius 1 is 1.32 bits per heavy atom. The molecule has 1 aromatic carbocycles. The Kier molecular flexibility index (Phi) is 6.30. The van der Waals surface area contributed by atoms with Crippen LogP contribution in [0.1, 0.15) is 18.0 Å². The van der Waals surface area contributed by atoms with Gasteiger partial charge in [-0.3, -0.25) is 4.79 Å². The number of nitrogens with one attached hydrogen (secondary N) is 1. The molecule has 4 nitrogen and oxygen atoms in total. The molecule has 0 spiro atoms. The Balaban J connectivity index is 1.65. The zero-order chi connectivity index (χ0) is 17.5. The lowest BCUT2D eigenvalue weighted by Crippen LogP contribution is -2.32. The highest BCUT2D eigenvalue weighted by atomic mass is 32.2. The van der Waals surface area contributed by atoms with Gasteiger partial charge in [0.25, 0.3) is 0 Å². The zero-order valence-electron chi connectivity index (χ0n) is 14.1. The van der Waals surface area contributed by atoms with Gasteiger partial charge in [-0.1, -0.05) is 18.2 Å². The maximum atomic E-state index is 12.7. The molecule has 0 saturated heterocycles. The fraction of sp³-hybridized carbons (Fsp3) is 0.263. The number of rotatable bonds is 8. The van der Waals surface area contributed by atoms with Gasteiger partial charge in [0.1, 0.15) is 11.0 Å². The van der Waals surface area contributed by atoms with Crippen molar-refractivity contribution in [1.29, 1.82) is 0 Å². The summed E-state index contributed by atoms with van der Waals surface area (Å²) >= 11 is 3.38. The molecule has 1 N–H and O–H groups in total. The van der Waals surface area contributed by atoms with Crippen LogP contribution in [0.2, 0.25) is 0 Å². The quantitative estimate of drug-likeness (QED) is 0.645. The number of benzene rings is 1. The number of hydrogen-bond acceptors (Lipinski definition) is 4. The van der Waals surface area contributed by atoms with E-state index in [1.807, 2.05) is 58.9 Å². The molecule has 3 aromatic rings. The first kappa shape index (κ1) is 17.8. The van der Waals surface area contributed by atoms with E-state index >= 15 is 0 Å². The van der Waals surface area contributed by atoms with Crippen LogP contribution in [0.15, 0.2) is 60.4 Å². The summed E-state index contributed by atoms with van der Waals surface area (Å²) in [6.07, 6.45) is 8.60. The van der Waals surface area contributed by atoms with Crippen molar-refractivity contribution in [3.8, 4) is 10.6 Å². The molecule has 0 fully saturated rings. The maximum absolute atomic E-state index is 12.7. The molecule has 0 aliphatic rings. The van der Waals surface area contributed by atoms with Crippen molar-refractivity contribution in [3.05, 3.63) is 65.9 Å². The van der Waals surface area contributed by atoms with Crippen LogP contribution in [0.25, 0.3) is 10.6 Å². The van der Waals surface area contributed by atoms with E-state index in [0.717, 1.165) is 28.3 Å². The number of carbonyl (C=O) groups excluding carboxylic acids is 1. The van der Waals surface area contributed by atoms with E-state index in [9.17, 15) is 4.79 Å². The van der Waals surface area contributed by atoms with Gasteiger partial charge < -0.3 is 9.88 Å². The number of aromatic nitrogens is 2. The first-order chi connectivity index (χ1) is 12.3. The molecule has 0 unspecified atom stereocenters. The minimum absolute atomic E-state index is 0.0601. The predicted octanol–water partition coefficient (Wildman–Crippen LogP) is 4.22. The standard InChI is InChI=1S/C19H21N3OS2/c1-24-11-7-17(22-9-2-3-10-22)18(23)21-14-15-5-4-6-16(13-15)19-20-8-12-25-19/h2-6,8-10,12-13,17H,7,11,14H2,1H3,(H,21,23)/t17-/m1/s1. The zero-order valence-corrected chi connectivity index (χ0v) is 15.7. The van der Waals surface area contributed by atoms with Crippen molar-refractivity contribution in [2.75, 3.05) is 12.0 Å². The van der Waals surface area contributed by atoms with Crippen LogP contribution in [0, 0.1) is 0 Å². The van der Waals surface area contributed by atoms with Crippen LogP contribution in [0.5, 0.6) is 0 Å². The van der Waals surface area contributed by atoms with Crippen molar-refractivity contribution in [1.82, 2.24) is 14.9 Å². The molecule has 3 rings (SSSR count). The number of amides is 1. The minimum Gasteiger partial charge on any atom is -0.350 e. The molecular weight excluding hydrogens is 350 g/mol. The lowest BCUT2D eigenvalue weighted by molar-refractivity contribution is -0.124. The topological polar surface area (TPSA) is 46.9 Å². The highest BCUT2D eigenvalue weighted by Crippen LogP contribution is 2.22. The largest absolute Gasteiger partial charge is 0.350 e. The average molecular weight is 372 g/mol. The third-order valence-corrected chi connectivity index (χ3v) is 5.42. The van der Waals surface area contributed by atoms with E-state index < -0.39 is 0 Å². The first-order valence-electron chi connectivity index (χ1n) is 8.16. The highest BCUT2D eigenvalue weighted by molar-refractivity contribution is 7.98. The van der Waals surface area contributed by atoms with Crippen molar-refractivity contribution < 1.29 is 4.79 Å². The molecule has 6 heteroatoms. The molecule has 1 atom stereocenters. The lowest BCUT2D eigenvalue weighted by atomic mass is 10.1. The molecule has 0 radical (unpaired) electrons. The lowest BCUT2D eigenvalue weighted by Gasteiger charge is -2.18. The van der Waals surface area contributed by atoms with E-state index in [1.54, 1.807) is 23.1 Å². The first-order valence-corrected chi connectivity index (χ1v) is 10.4. The SMILES string of the molecule is CSCC[C@H](C(=O)NCc1cccc(-c2nccs2)c1)n1cccc1. The second-order valence-corrected chi connectivity index (χ2v) is 7.56. The summed E-state index contributed by atoms with van der Waals surface area (Å²) in [5.74, 6) is 1.01. The highest BCUT2D eigenvalue weighted by Gasteiger charge is 2.18. The van der Waals surface area contributed by atoms with Gasteiger partial charge in [-0.15, -0.1) is 11.3 Å². The summed E-state index contributed by atoms with van der Waals surface area (Å²) in [6.45, 7) is 0.523. The van der Waals surface area contributed by atoms with Crippen LogP contribution in [0.4, 0.5) is 0 Å². The van der Waals surface area contributed by atoms with Gasteiger partial charge >= 0.3 is 0 Å². The van der Waals surface area contributed by atoms with Gasteiger partial charge in [-0.05, 0) is 42.2 Å². The van der Waals surface area contributed by atoms with Crippen LogP contribution in [-0.2, 0) is 11.3 Å². The molecule has 25 heavy (non-hydrogen) atoms. The van der Waals surface area contributed by atoms with E-state index in [2.05, 4.69) is 22.6 Å². The van der Waals surface area contributed by atoms with Gasteiger partial charge in [0.2, 0.25) is 5.91 Å². The summed E-state index contributed by atoms with van der Waals surface area (Å²) in [7, 11) is 0. The Bertz CT molecular complexity index is 785. The molecule has 0 saturated carbocycles. The molecule has 0 aliphatic heterocycles. The van der Waals surface area contributed by atoms with Crippen LogP contribution < -0.4 is 5.32 Å². The van der Waals surface area contributed by atoms with Gasteiger partial charge in [0.05, 0.1) is 0 Å². The van der Waals surface area contributed by atoms with E-state index in [1.165, 1.54) is 0 Å². The number of carbonyl (C=O) groups is 1. The van der Waals surface area contributed by atoms with Gasteiger partial charge in [0.15, 0.2) is 0 Å². The van der Waals surface area contributed by atoms with Gasteiger partial charge in [0, 0.05) is 36.1 Å². The second kappa shape index (κ2) is 8.87. The summed E-state index contributed by atoms with van der Waals surface area (Å²) < 4.78 is 1.98. The van der Waals surface area contributed by atoms with Gasteiger partial charge in [-0.25, -0.2) is 4.98 Å². The molecule has 130 valence electrons. The van der Waals surface area contributed by atoms with Crippen LogP contribution >= 0.6 is 23.1 Å². The molecule has 2 heterocycles. The van der Waals surface area contributed by atoms with Crippen molar-refractivity contribution in [2.24, 2.45) is 0 Å². The molecule has 0 bridgehead atoms. The number of hydrogen-bond donors (Lipinski definition) is 1. The van der Waals surface area contributed by atoms with Crippen LogP contribution in [-0.4, -0.2) is 27.5 Å². The van der Waals surface area contributed by atoms with E-state index in [-0.39, 0.29) is 11.9 Å². The van der Waals surface area contributed by atoms with Crippen LogP contribution in [0.3, 0.4) is 0 Å². The number of thioether (sulfide) groups is 1. The van der Waals surface area contributed by atoms with Crippen molar-refractivity contribution in [3.63, 3.8) is 0 Å². The van der Waals surface area contributed by atoms with Gasteiger partial charge in [-0.2, -0.15) is 11.8 Å². The molecular formula is C19H21N3OS2. The normalized spacial score (nSPS) is 12.0. The van der Waals surface area contributed by atoms with E-state index in [4.69, 9.17) is 0 Å². The molecule has 0 aliphatic carbocycles. The number of thiazole rings is 1. The summed E-state index contributed by atoms with van der Waals surface area (Å²) in [6, 6.07) is 11.9. The molecule has 1 amide bonds. The van der Waals surface area contributed by atoms with Crippen molar-refractivity contribution in [2.45, 2.75) is 19.0 Å². The molecule has 2 aromatic heterocycles. The Morgan fingerprint density at radius 3 is 2.88 bits per heavy atom. The second-order valence-electron chi connectivity index (χ2n) is 5.68. The fourth-order valence-corrected chi connectivity index (χ4v) is 3.78. The Labute approximate surface area is 156 Å². The number of nitrogens with zero attached hydrogens (tertiary/aromatic N) is 2. The summed E-state index contributed by atoms with van der Waals surface area (Å²) in [5, 5.41) is 6.05. The van der Waals surface area contributed by atoms with Crippen molar-refractivity contribution >= 4 is 29.0 Å². The van der Waals surface area contributed by atoms with E-state index in [0.29, 0.717) is 6.54 Å². The fourth-order valence-electron chi connectivity index (χ4n) is 2.69. The third-order valence-electron chi connectivity index (χ3n) is 3.96. The Hall–Kier alpha value is -2.05. The monoisotopic (exact) mass is 371 g/mol. The maximum Gasteiger partial charge on any atom is 0.243 e. The Morgan fingerprint density at radius 2 is 2.16 bits per heavy atom. The average Bonchev–Trinajstić information content (AvgIpc) is 3.34. The predicted molar refractivity (Wildman–Crippen MR) is 106 cm³/mol. The minimum atomic E-state index is -0.162.